The third-order valence-electron chi connectivity index (χ3n) is 5.33. The number of halogens is 4. The van der Waals surface area contributed by atoms with Gasteiger partial charge in [-0.15, -0.1) is 0 Å². The SMILES string of the molecule is CC1(c2ccc(F)cc2)NC(=O)N(CC(=O)N2CCCC2C(=O)NCC(F)(F)F)C1=O. The third kappa shape index (κ3) is 4.62. The number of likely N-dealkylation sites (tertiary alicyclic amines) is 1. The molecule has 12 heteroatoms. The fraction of sp³-hybridized carbons (Fsp3) is 0.474. The maximum Gasteiger partial charge on any atom is 0.405 e. The maximum absolute atomic E-state index is 13.2. The summed E-state index contributed by atoms with van der Waals surface area (Å²) in [7, 11) is 0. The number of benzene rings is 1. The summed E-state index contributed by atoms with van der Waals surface area (Å²) in [6.45, 7) is -0.673. The van der Waals surface area contributed by atoms with Crippen LogP contribution >= 0.6 is 0 Å². The van der Waals surface area contributed by atoms with E-state index in [1.165, 1.54) is 19.1 Å². The van der Waals surface area contributed by atoms with E-state index in [1.54, 1.807) is 5.32 Å². The molecule has 2 fully saturated rings. The van der Waals surface area contributed by atoms with E-state index < -0.39 is 60.4 Å². The summed E-state index contributed by atoms with van der Waals surface area (Å²) >= 11 is 0. The lowest BCUT2D eigenvalue weighted by atomic mass is 9.92. The minimum atomic E-state index is -4.59. The van der Waals surface area contributed by atoms with E-state index >= 15 is 0 Å². The van der Waals surface area contributed by atoms with Crippen molar-refractivity contribution in [1.29, 1.82) is 0 Å². The third-order valence-corrected chi connectivity index (χ3v) is 5.33. The Labute approximate surface area is 174 Å². The van der Waals surface area contributed by atoms with E-state index in [9.17, 15) is 36.7 Å². The van der Waals surface area contributed by atoms with Crippen LogP contribution in [-0.2, 0) is 19.9 Å². The number of hydrogen-bond acceptors (Lipinski definition) is 4. The van der Waals surface area contributed by atoms with Gasteiger partial charge in [0.15, 0.2) is 0 Å². The topological polar surface area (TPSA) is 98.8 Å². The van der Waals surface area contributed by atoms with Crippen molar-refractivity contribution in [3.63, 3.8) is 0 Å². The van der Waals surface area contributed by atoms with Gasteiger partial charge in [-0.05, 0) is 37.5 Å². The molecule has 1 aromatic rings. The van der Waals surface area contributed by atoms with Gasteiger partial charge in [-0.1, -0.05) is 12.1 Å². The van der Waals surface area contributed by atoms with Crippen LogP contribution in [0.2, 0.25) is 0 Å². The van der Waals surface area contributed by atoms with Gasteiger partial charge in [0.2, 0.25) is 11.8 Å². The quantitative estimate of drug-likeness (QED) is 0.528. The molecular formula is C19H20F4N4O4. The summed E-state index contributed by atoms with van der Waals surface area (Å²) in [5.74, 6) is -2.96. The van der Waals surface area contributed by atoms with Crippen LogP contribution in [0.3, 0.4) is 0 Å². The Kier molecular flexibility index (Phi) is 5.92. The smallest absolute Gasteiger partial charge is 0.345 e. The molecule has 2 aliphatic rings. The van der Waals surface area contributed by atoms with E-state index in [-0.39, 0.29) is 13.0 Å². The average Bonchev–Trinajstić information content (AvgIpc) is 3.26. The van der Waals surface area contributed by atoms with Gasteiger partial charge in [0.1, 0.15) is 30.5 Å². The second-order valence-electron chi connectivity index (χ2n) is 7.53. The molecule has 0 saturated carbocycles. The highest BCUT2D eigenvalue weighted by atomic mass is 19.4. The highest BCUT2D eigenvalue weighted by molar-refractivity contribution is 6.09. The van der Waals surface area contributed by atoms with Gasteiger partial charge in [-0.25, -0.2) is 9.18 Å². The van der Waals surface area contributed by atoms with Gasteiger partial charge < -0.3 is 15.5 Å². The molecule has 1 aromatic carbocycles. The summed E-state index contributed by atoms with van der Waals surface area (Å²) in [6, 6.07) is 2.96. The fourth-order valence-corrected chi connectivity index (χ4v) is 3.69. The Bertz CT molecular complexity index is 905. The molecule has 0 aromatic heterocycles. The summed E-state index contributed by atoms with van der Waals surface area (Å²) in [6.07, 6.45) is -4.03. The van der Waals surface area contributed by atoms with Crippen molar-refractivity contribution in [2.75, 3.05) is 19.6 Å². The van der Waals surface area contributed by atoms with Crippen molar-refractivity contribution in [3.05, 3.63) is 35.6 Å². The van der Waals surface area contributed by atoms with Gasteiger partial charge >= 0.3 is 12.2 Å². The predicted molar refractivity (Wildman–Crippen MR) is 97.8 cm³/mol. The Hall–Kier alpha value is -3.18. The number of carbonyl (C=O) groups excluding carboxylic acids is 4. The lowest BCUT2D eigenvalue weighted by Gasteiger charge is -2.26. The van der Waals surface area contributed by atoms with Crippen LogP contribution in [-0.4, -0.2) is 65.4 Å². The number of nitrogens with zero attached hydrogens (tertiary/aromatic N) is 2. The molecule has 3 rings (SSSR count). The number of carbonyl (C=O) groups is 4. The molecular weight excluding hydrogens is 424 g/mol. The van der Waals surface area contributed by atoms with Crippen molar-refractivity contribution in [2.45, 2.75) is 37.5 Å². The van der Waals surface area contributed by atoms with Gasteiger partial charge in [0.25, 0.3) is 5.91 Å². The molecule has 2 saturated heterocycles. The predicted octanol–water partition coefficient (Wildman–Crippen LogP) is 1.26. The molecule has 2 unspecified atom stereocenters. The van der Waals surface area contributed by atoms with Crippen molar-refractivity contribution >= 4 is 23.8 Å². The first-order chi connectivity index (χ1) is 14.4. The molecule has 2 atom stereocenters. The summed E-state index contributed by atoms with van der Waals surface area (Å²) in [4.78, 5) is 51.8. The first-order valence-corrected chi connectivity index (χ1v) is 9.46. The highest BCUT2D eigenvalue weighted by Crippen LogP contribution is 2.29. The number of urea groups is 1. The zero-order valence-electron chi connectivity index (χ0n) is 16.5. The number of nitrogens with one attached hydrogen (secondary N) is 2. The summed E-state index contributed by atoms with van der Waals surface area (Å²) < 4.78 is 50.2. The molecule has 0 bridgehead atoms. The zero-order valence-corrected chi connectivity index (χ0v) is 16.5. The molecule has 8 nitrogen and oxygen atoms in total. The second-order valence-corrected chi connectivity index (χ2v) is 7.53. The molecule has 31 heavy (non-hydrogen) atoms. The number of alkyl halides is 3. The fourth-order valence-electron chi connectivity index (χ4n) is 3.69. The number of rotatable bonds is 5. The molecule has 168 valence electrons. The van der Waals surface area contributed by atoms with Crippen LogP contribution in [0.4, 0.5) is 22.4 Å². The van der Waals surface area contributed by atoms with Crippen LogP contribution in [0.1, 0.15) is 25.3 Å². The Morgan fingerprint density at radius 2 is 1.87 bits per heavy atom. The van der Waals surface area contributed by atoms with Crippen molar-refractivity contribution in [2.24, 2.45) is 0 Å². The Balaban J connectivity index is 1.69. The molecule has 0 radical (unpaired) electrons. The highest BCUT2D eigenvalue weighted by Gasteiger charge is 2.50. The zero-order chi connectivity index (χ0) is 23.0. The Morgan fingerprint density at radius 1 is 1.23 bits per heavy atom. The monoisotopic (exact) mass is 444 g/mol. The van der Waals surface area contributed by atoms with Crippen LogP contribution in [0.25, 0.3) is 0 Å². The maximum atomic E-state index is 13.2. The molecule has 0 aliphatic carbocycles. The van der Waals surface area contributed by atoms with Crippen LogP contribution in [0, 0.1) is 5.82 Å². The van der Waals surface area contributed by atoms with E-state index in [4.69, 9.17) is 0 Å². The van der Waals surface area contributed by atoms with E-state index in [1.807, 2.05) is 0 Å². The minimum Gasteiger partial charge on any atom is -0.345 e. The van der Waals surface area contributed by atoms with Crippen LogP contribution in [0.15, 0.2) is 24.3 Å². The van der Waals surface area contributed by atoms with Gasteiger partial charge in [-0.2, -0.15) is 13.2 Å². The lowest BCUT2D eigenvalue weighted by Crippen LogP contribution is -2.51. The second kappa shape index (κ2) is 8.16. The largest absolute Gasteiger partial charge is 0.405 e. The van der Waals surface area contributed by atoms with Gasteiger partial charge in [-0.3, -0.25) is 19.3 Å². The van der Waals surface area contributed by atoms with Crippen molar-refractivity contribution in [3.8, 4) is 0 Å². The normalized spacial score (nSPS) is 23.8. The van der Waals surface area contributed by atoms with E-state index in [0.29, 0.717) is 16.9 Å². The van der Waals surface area contributed by atoms with Crippen LogP contribution < -0.4 is 10.6 Å². The molecule has 2 heterocycles. The first kappa shape index (κ1) is 22.5. The van der Waals surface area contributed by atoms with Crippen LogP contribution in [0.5, 0.6) is 0 Å². The average molecular weight is 444 g/mol. The lowest BCUT2D eigenvalue weighted by molar-refractivity contribution is -0.146. The number of hydrogen-bond donors (Lipinski definition) is 2. The number of imide groups is 1. The Morgan fingerprint density at radius 3 is 2.48 bits per heavy atom. The summed E-state index contributed by atoms with van der Waals surface area (Å²) in [5.41, 5.74) is -1.20. The standard InChI is InChI=1S/C19H20F4N4O4/c1-18(11-4-6-12(20)7-5-11)16(30)27(17(31)25-18)9-14(28)26-8-2-3-13(26)15(29)24-10-19(21,22)23/h4-7,13H,2-3,8-10H2,1H3,(H,24,29)(H,25,31). The molecule has 2 aliphatic heterocycles. The first-order valence-electron chi connectivity index (χ1n) is 9.46. The van der Waals surface area contributed by atoms with Crippen molar-refractivity contribution < 1.29 is 36.7 Å². The molecule has 5 amide bonds. The van der Waals surface area contributed by atoms with Crippen molar-refractivity contribution in [1.82, 2.24) is 20.4 Å². The van der Waals surface area contributed by atoms with Gasteiger partial charge in [0, 0.05) is 6.54 Å². The van der Waals surface area contributed by atoms with E-state index in [2.05, 4.69) is 5.32 Å². The van der Waals surface area contributed by atoms with E-state index in [0.717, 1.165) is 17.0 Å². The number of amides is 5. The molecule has 2 N–H and O–H groups in total. The minimum absolute atomic E-state index is 0.113. The molecule has 0 spiro atoms. The van der Waals surface area contributed by atoms with Gasteiger partial charge in [0.05, 0.1) is 0 Å². The summed E-state index contributed by atoms with van der Waals surface area (Å²) in [5, 5.41) is 4.22.